The first-order valence-electron chi connectivity index (χ1n) is 9.22. The third-order valence-electron chi connectivity index (χ3n) is 4.58. The average molecular weight is 364 g/mol. The second-order valence-electron chi connectivity index (χ2n) is 6.34. The first-order chi connectivity index (χ1) is 13.1. The van der Waals surface area contributed by atoms with Crippen LogP contribution in [0.3, 0.4) is 0 Å². The second-order valence-corrected chi connectivity index (χ2v) is 6.34. The number of hydrogen-bond acceptors (Lipinski definition) is 3. The van der Waals surface area contributed by atoms with E-state index < -0.39 is 0 Å². The van der Waals surface area contributed by atoms with Gasteiger partial charge in [0.15, 0.2) is 6.61 Å². The van der Waals surface area contributed by atoms with Crippen molar-refractivity contribution < 1.29 is 9.53 Å². The molecule has 0 radical (unpaired) electrons. The quantitative estimate of drug-likeness (QED) is 0.700. The topological polar surface area (TPSA) is 60.3 Å². The largest absolute Gasteiger partial charge is 0.483 e. The number of nitrogens with zero attached hydrogens (tertiary/aromatic N) is 1. The molecule has 0 bridgehead atoms. The molecule has 0 aliphatic carbocycles. The molecule has 1 N–H and O–H groups in total. The molecule has 3 rings (SSSR count). The van der Waals surface area contributed by atoms with Gasteiger partial charge in [-0.2, -0.15) is 0 Å². The Balaban J connectivity index is 1.65. The van der Waals surface area contributed by atoms with Gasteiger partial charge in [-0.15, -0.1) is 0 Å². The van der Waals surface area contributed by atoms with Crippen LogP contribution in [0, 0.1) is 0 Å². The highest BCUT2D eigenvalue weighted by Crippen LogP contribution is 2.23. The number of para-hydroxylation sites is 1. The Morgan fingerprint density at radius 1 is 1.04 bits per heavy atom. The zero-order valence-electron chi connectivity index (χ0n) is 15.7. The molecule has 27 heavy (non-hydrogen) atoms. The van der Waals surface area contributed by atoms with E-state index >= 15 is 0 Å². The number of aryl methyl sites for hydroxylation is 2. The summed E-state index contributed by atoms with van der Waals surface area (Å²) in [5.41, 5.74) is 2.97. The molecule has 0 fully saturated rings. The van der Waals surface area contributed by atoms with E-state index in [1.807, 2.05) is 43.3 Å². The molecule has 5 heteroatoms. The van der Waals surface area contributed by atoms with Crippen molar-refractivity contribution in [3.8, 4) is 5.75 Å². The maximum atomic E-state index is 12.3. The molecule has 1 aromatic heterocycles. The van der Waals surface area contributed by atoms with E-state index in [0.29, 0.717) is 18.8 Å². The minimum Gasteiger partial charge on any atom is -0.483 e. The molecule has 3 aromatic rings. The zero-order valence-corrected chi connectivity index (χ0v) is 15.7. The van der Waals surface area contributed by atoms with Crippen LogP contribution in [-0.4, -0.2) is 17.1 Å². The molecule has 1 heterocycles. The molecule has 0 unspecified atom stereocenters. The lowest BCUT2D eigenvalue weighted by molar-refractivity contribution is -0.123. The lowest BCUT2D eigenvalue weighted by atomic mass is 10.1. The molecule has 2 aromatic carbocycles. The number of nitrogens with one attached hydrogen (secondary N) is 1. The lowest BCUT2D eigenvalue weighted by Crippen LogP contribution is -2.29. The molecule has 0 spiro atoms. The Kier molecular flexibility index (Phi) is 5.91. The molecule has 0 saturated heterocycles. The Morgan fingerprint density at radius 2 is 1.74 bits per heavy atom. The second kappa shape index (κ2) is 8.54. The maximum absolute atomic E-state index is 12.3. The summed E-state index contributed by atoms with van der Waals surface area (Å²) in [6.07, 6.45) is 0.991. The number of hydrogen-bond donors (Lipinski definition) is 1. The van der Waals surface area contributed by atoms with Gasteiger partial charge < -0.3 is 14.6 Å². The molecule has 0 aliphatic rings. The number of carbonyl (C=O) groups excluding carboxylic acids is 1. The van der Waals surface area contributed by atoms with Crippen molar-refractivity contribution in [1.82, 2.24) is 9.88 Å². The molecule has 5 nitrogen and oxygen atoms in total. The van der Waals surface area contributed by atoms with E-state index in [-0.39, 0.29) is 18.1 Å². The van der Waals surface area contributed by atoms with E-state index in [1.54, 1.807) is 4.57 Å². The molecule has 0 aliphatic heterocycles. The summed E-state index contributed by atoms with van der Waals surface area (Å²) in [7, 11) is 0. The highest BCUT2D eigenvalue weighted by atomic mass is 16.5. The third kappa shape index (κ3) is 4.37. The molecule has 0 saturated carbocycles. The van der Waals surface area contributed by atoms with Crippen LogP contribution >= 0.6 is 0 Å². The van der Waals surface area contributed by atoms with E-state index in [2.05, 4.69) is 24.4 Å². The Labute approximate surface area is 158 Å². The molecule has 1 amide bonds. The van der Waals surface area contributed by atoms with Crippen LogP contribution in [0.15, 0.2) is 59.4 Å². The van der Waals surface area contributed by atoms with Gasteiger partial charge in [-0.3, -0.25) is 9.59 Å². The van der Waals surface area contributed by atoms with E-state index in [4.69, 9.17) is 4.74 Å². The van der Waals surface area contributed by atoms with Crippen LogP contribution in [0.2, 0.25) is 0 Å². The fraction of sp³-hybridized carbons (Fsp3) is 0.273. The number of ether oxygens (including phenoxy) is 1. The number of rotatable bonds is 7. The van der Waals surface area contributed by atoms with E-state index in [9.17, 15) is 9.59 Å². The van der Waals surface area contributed by atoms with Gasteiger partial charge in [-0.1, -0.05) is 43.3 Å². The van der Waals surface area contributed by atoms with Gasteiger partial charge in [0, 0.05) is 24.5 Å². The summed E-state index contributed by atoms with van der Waals surface area (Å²) in [6.45, 7) is 4.93. The predicted octanol–water partition coefficient (Wildman–Crippen LogP) is 3.28. The minimum absolute atomic E-state index is 0.132. The first kappa shape index (κ1) is 18.7. The van der Waals surface area contributed by atoms with Crippen molar-refractivity contribution in [1.29, 1.82) is 0 Å². The van der Waals surface area contributed by atoms with Crippen molar-refractivity contribution in [2.75, 3.05) is 6.61 Å². The summed E-state index contributed by atoms with van der Waals surface area (Å²) in [5, 5.41) is 3.67. The van der Waals surface area contributed by atoms with Crippen LogP contribution in [0.25, 0.3) is 10.9 Å². The Hall–Kier alpha value is -3.08. The fourth-order valence-corrected chi connectivity index (χ4v) is 3.04. The predicted molar refractivity (Wildman–Crippen MR) is 107 cm³/mol. The van der Waals surface area contributed by atoms with Gasteiger partial charge in [0.25, 0.3) is 11.5 Å². The van der Waals surface area contributed by atoms with Crippen molar-refractivity contribution in [3.63, 3.8) is 0 Å². The van der Waals surface area contributed by atoms with Gasteiger partial charge in [0.05, 0.1) is 5.52 Å². The standard InChI is InChI=1S/C22H24N2O3/c1-3-16-9-11-17(12-10-16)14-23-21(25)15-27-20-13-22(26)24(4-2)19-8-6-5-7-18(19)20/h5-13H,3-4,14-15H2,1-2H3,(H,23,25). The monoisotopic (exact) mass is 364 g/mol. The van der Waals surface area contributed by atoms with Crippen LogP contribution in [0.5, 0.6) is 5.75 Å². The van der Waals surface area contributed by atoms with Crippen molar-refractivity contribution in [3.05, 3.63) is 76.1 Å². The number of fused-ring (bicyclic) bond motifs is 1. The summed E-state index contributed by atoms with van der Waals surface area (Å²) in [6, 6.07) is 17.1. The van der Waals surface area contributed by atoms with Crippen LogP contribution in [0.1, 0.15) is 25.0 Å². The van der Waals surface area contributed by atoms with E-state index in [1.165, 1.54) is 11.6 Å². The minimum atomic E-state index is -0.224. The normalized spacial score (nSPS) is 10.7. The van der Waals surface area contributed by atoms with Crippen molar-refractivity contribution in [2.45, 2.75) is 33.4 Å². The Morgan fingerprint density at radius 3 is 2.44 bits per heavy atom. The maximum Gasteiger partial charge on any atom is 0.258 e. The number of amides is 1. The van der Waals surface area contributed by atoms with Gasteiger partial charge >= 0.3 is 0 Å². The highest BCUT2D eigenvalue weighted by molar-refractivity contribution is 5.86. The van der Waals surface area contributed by atoms with Crippen LogP contribution < -0.4 is 15.6 Å². The van der Waals surface area contributed by atoms with Crippen LogP contribution in [-0.2, 0) is 24.3 Å². The molecular weight excluding hydrogens is 340 g/mol. The third-order valence-corrected chi connectivity index (χ3v) is 4.58. The van der Waals surface area contributed by atoms with Gasteiger partial charge in [-0.25, -0.2) is 0 Å². The number of benzene rings is 2. The Bertz CT molecular complexity index is 991. The van der Waals surface area contributed by atoms with E-state index in [0.717, 1.165) is 22.9 Å². The highest BCUT2D eigenvalue weighted by Gasteiger charge is 2.10. The summed E-state index contributed by atoms with van der Waals surface area (Å²) < 4.78 is 7.34. The molecule has 140 valence electrons. The van der Waals surface area contributed by atoms with Gasteiger partial charge in [0.1, 0.15) is 5.75 Å². The molecule has 0 atom stereocenters. The smallest absolute Gasteiger partial charge is 0.258 e. The summed E-state index contributed by atoms with van der Waals surface area (Å²) >= 11 is 0. The lowest BCUT2D eigenvalue weighted by Gasteiger charge is -2.13. The SMILES string of the molecule is CCc1ccc(CNC(=O)COc2cc(=O)n(CC)c3ccccc23)cc1. The number of aromatic nitrogens is 1. The van der Waals surface area contributed by atoms with Gasteiger partial charge in [0.2, 0.25) is 0 Å². The van der Waals surface area contributed by atoms with Crippen molar-refractivity contribution in [2.24, 2.45) is 0 Å². The van der Waals surface area contributed by atoms with Crippen molar-refractivity contribution >= 4 is 16.8 Å². The molecular formula is C22H24N2O3. The zero-order chi connectivity index (χ0) is 19.2. The average Bonchev–Trinajstić information content (AvgIpc) is 2.71. The van der Waals surface area contributed by atoms with Crippen LogP contribution in [0.4, 0.5) is 0 Å². The first-order valence-corrected chi connectivity index (χ1v) is 9.22. The summed E-state index contributed by atoms with van der Waals surface area (Å²) in [4.78, 5) is 24.4. The fourth-order valence-electron chi connectivity index (χ4n) is 3.04. The number of carbonyl (C=O) groups is 1. The number of pyridine rings is 1. The summed E-state index contributed by atoms with van der Waals surface area (Å²) in [5.74, 6) is 0.209. The van der Waals surface area contributed by atoms with Gasteiger partial charge in [-0.05, 0) is 36.6 Å².